The molecule has 0 saturated heterocycles. The second-order valence-electron chi connectivity index (χ2n) is 4.55. The maximum absolute atomic E-state index is 12.0. The zero-order valence-electron chi connectivity index (χ0n) is 11.7. The number of rotatable bonds is 4. The minimum Gasteiger partial charge on any atom is -0.282 e. The van der Waals surface area contributed by atoms with Crippen LogP contribution in [0.25, 0.3) is 16.3 Å². The Labute approximate surface area is 139 Å². The molecule has 5 nitrogen and oxygen atoms in total. The van der Waals surface area contributed by atoms with Crippen LogP contribution in [0.4, 0.5) is 5.69 Å². The van der Waals surface area contributed by atoms with Gasteiger partial charge in [-0.25, -0.2) is 4.98 Å². The summed E-state index contributed by atoms with van der Waals surface area (Å²) >= 11 is 2.51. The largest absolute Gasteiger partial charge is 0.282 e. The summed E-state index contributed by atoms with van der Waals surface area (Å²) in [6.45, 7) is 0. The summed E-state index contributed by atoms with van der Waals surface area (Å²) in [6.07, 6.45) is 2.96. The van der Waals surface area contributed by atoms with Gasteiger partial charge in [-0.15, -0.1) is 11.3 Å². The van der Waals surface area contributed by atoms with Crippen LogP contribution in [-0.2, 0) is 4.79 Å². The highest BCUT2D eigenvalue weighted by Gasteiger charge is 2.08. The van der Waals surface area contributed by atoms with Crippen molar-refractivity contribution in [3.05, 3.63) is 70.3 Å². The Bertz CT molecular complexity index is 885. The van der Waals surface area contributed by atoms with E-state index in [9.17, 15) is 14.9 Å². The van der Waals surface area contributed by atoms with Crippen molar-refractivity contribution in [2.45, 2.75) is 4.34 Å². The van der Waals surface area contributed by atoms with E-state index >= 15 is 0 Å². The van der Waals surface area contributed by atoms with Crippen molar-refractivity contribution in [3.63, 3.8) is 0 Å². The Morgan fingerprint density at radius 2 is 2.04 bits per heavy atom. The first kappa shape index (κ1) is 15.4. The summed E-state index contributed by atoms with van der Waals surface area (Å²) in [5.41, 5.74) is 1.48. The van der Waals surface area contributed by atoms with Gasteiger partial charge in [0, 0.05) is 12.1 Å². The molecule has 1 heterocycles. The lowest BCUT2D eigenvalue weighted by Crippen LogP contribution is -1.88. The fourth-order valence-corrected chi connectivity index (χ4v) is 3.75. The highest BCUT2D eigenvalue weighted by atomic mass is 32.2. The van der Waals surface area contributed by atoms with E-state index < -0.39 is 4.92 Å². The third kappa shape index (κ3) is 3.82. The van der Waals surface area contributed by atoms with Crippen LogP contribution in [0.5, 0.6) is 0 Å². The van der Waals surface area contributed by atoms with E-state index in [1.807, 2.05) is 24.3 Å². The van der Waals surface area contributed by atoms with Crippen LogP contribution in [0.15, 0.2) is 58.9 Å². The fourth-order valence-electron chi connectivity index (χ4n) is 1.92. The predicted octanol–water partition coefficient (Wildman–Crippen LogP) is 4.54. The van der Waals surface area contributed by atoms with Crippen LogP contribution < -0.4 is 0 Å². The third-order valence-electron chi connectivity index (χ3n) is 2.96. The van der Waals surface area contributed by atoms with Crippen LogP contribution in [0, 0.1) is 10.1 Å². The molecule has 0 fully saturated rings. The van der Waals surface area contributed by atoms with Crippen molar-refractivity contribution >= 4 is 50.2 Å². The Balaban J connectivity index is 1.71. The number of nitro benzene ring substituents is 1. The fraction of sp³-hybridized carbons (Fsp3) is 0. The minimum atomic E-state index is -0.463. The van der Waals surface area contributed by atoms with E-state index in [0.717, 1.165) is 22.0 Å². The molecule has 7 heteroatoms. The third-order valence-corrected chi connectivity index (χ3v) is 4.89. The molecule has 0 aliphatic carbocycles. The first-order valence-electron chi connectivity index (χ1n) is 6.62. The first-order chi connectivity index (χ1) is 11.1. The standard InChI is InChI=1S/C16H10N2O3S2/c19-15(9-8-11-4-3-5-12(10-11)18(20)21)23-16-17-13-6-1-2-7-14(13)22-16/h1-10H/b9-8+. The molecule has 0 amide bonds. The molecular weight excluding hydrogens is 332 g/mol. The van der Waals surface area contributed by atoms with E-state index in [1.165, 1.54) is 29.5 Å². The zero-order valence-corrected chi connectivity index (χ0v) is 13.3. The molecule has 0 atom stereocenters. The number of carbonyl (C=O) groups is 1. The SMILES string of the molecule is O=C(/C=C/c1cccc([N+](=O)[O-])c1)Sc1nc2ccccc2s1. The molecule has 0 radical (unpaired) electrons. The van der Waals surface area contributed by atoms with Gasteiger partial charge >= 0.3 is 0 Å². The van der Waals surface area contributed by atoms with Crippen LogP contribution in [0.3, 0.4) is 0 Å². The molecule has 3 aromatic rings. The van der Waals surface area contributed by atoms with Crippen molar-refractivity contribution in [2.24, 2.45) is 0 Å². The van der Waals surface area contributed by atoms with E-state index in [1.54, 1.807) is 18.2 Å². The Kier molecular flexibility index (Phi) is 4.50. The second kappa shape index (κ2) is 6.72. The Hall–Kier alpha value is -2.51. The number of hydrogen-bond donors (Lipinski definition) is 0. The molecule has 0 aliphatic heterocycles. The minimum absolute atomic E-state index is 0.00146. The Morgan fingerprint density at radius 3 is 2.83 bits per heavy atom. The van der Waals surface area contributed by atoms with Crippen LogP contribution >= 0.6 is 23.1 Å². The van der Waals surface area contributed by atoms with Gasteiger partial charge in [-0.2, -0.15) is 0 Å². The predicted molar refractivity (Wildman–Crippen MR) is 92.6 cm³/mol. The number of thiazole rings is 1. The molecular formula is C16H10N2O3S2. The van der Waals surface area contributed by atoms with Crippen molar-refractivity contribution < 1.29 is 9.72 Å². The zero-order chi connectivity index (χ0) is 16.2. The molecule has 3 rings (SSSR count). The van der Waals surface area contributed by atoms with Gasteiger partial charge < -0.3 is 0 Å². The summed E-state index contributed by atoms with van der Waals surface area (Å²) in [5, 5.41) is 10.6. The van der Waals surface area contributed by atoms with Gasteiger partial charge in [0.15, 0.2) is 4.34 Å². The second-order valence-corrected chi connectivity index (χ2v) is 6.84. The summed E-state index contributed by atoms with van der Waals surface area (Å²) in [5.74, 6) is 0. The van der Waals surface area contributed by atoms with Crippen molar-refractivity contribution in [1.29, 1.82) is 0 Å². The first-order valence-corrected chi connectivity index (χ1v) is 8.25. The summed E-state index contributed by atoms with van der Waals surface area (Å²) in [6, 6.07) is 13.8. The smallest absolute Gasteiger partial charge is 0.270 e. The van der Waals surface area contributed by atoms with E-state index in [4.69, 9.17) is 0 Å². The van der Waals surface area contributed by atoms with E-state index in [0.29, 0.717) is 9.90 Å². The lowest BCUT2D eigenvalue weighted by atomic mass is 10.2. The van der Waals surface area contributed by atoms with Gasteiger partial charge in [-0.1, -0.05) is 30.3 Å². The van der Waals surface area contributed by atoms with E-state index in [2.05, 4.69) is 4.98 Å². The van der Waals surface area contributed by atoms with Crippen molar-refractivity contribution in [2.75, 3.05) is 0 Å². The maximum atomic E-state index is 12.0. The number of fused-ring (bicyclic) bond motifs is 1. The molecule has 0 unspecified atom stereocenters. The molecule has 114 valence electrons. The van der Waals surface area contributed by atoms with Gasteiger partial charge in [-0.05, 0) is 35.5 Å². The number of benzene rings is 2. The normalized spacial score (nSPS) is 11.1. The number of carbonyl (C=O) groups excluding carboxylic acids is 1. The van der Waals surface area contributed by atoms with Crippen molar-refractivity contribution in [3.8, 4) is 0 Å². The van der Waals surface area contributed by atoms with Crippen LogP contribution in [0.1, 0.15) is 5.56 Å². The number of hydrogen-bond acceptors (Lipinski definition) is 6. The van der Waals surface area contributed by atoms with Crippen LogP contribution in [0.2, 0.25) is 0 Å². The number of nitro groups is 1. The maximum Gasteiger partial charge on any atom is 0.270 e. The molecule has 0 N–H and O–H groups in total. The summed E-state index contributed by atoms with van der Waals surface area (Å²) in [4.78, 5) is 26.6. The highest BCUT2D eigenvalue weighted by molar-refractivity contribution is 8.15. The average molecular weight is 342 g/mol. The number of aromatic nitrogens is 1. The number of nitrogens with zero attached hydrogens (tertiary/aromatic N) is 2. The molecule has 0 saturated carbocycles. The van der Waals surface area contributed by atoms with Crippen molar-refractivity contribution in [1.82, 2.24) is 4.98 Å². The quantitative estimate of drug-likeness (QED) is 0.301. The lowest BCUT2D eigenvalue weighted by Gasteiger charge is -1.94. The summed E-state index contributed by atoms with van der Waals surface area (Å²) in [7, 11) is 0. The van der Waals surface area contributed by atoms with Gasteiger partial charge in [0.2, 0.25) is 5.12 Å². The molecule has 0 aliphatic rings. The molecule has 0 spiro atoms. The van der Waals surface area contributed by atoms with Gasteiger partial charge in [0.05, 0.1) is 15.1 Å². The number of non-ortho nitro benzene ring substituents is 1. The monoisotopic (exact) mass is 342 g/mol. The topological polar surface area (TPSA) is 73.1 Å². The van der Waals surface area contributed by atoms with Gasteiger partial charge in [-0.3, -0.25) is 14.9 Å². The molecule has 1 aromatic heterocycles. The molecule has 23 heavy (non-hydrogen) atoms. The highest BCUT2D eigenvalue weighted by Crippen LogP contribution is 2.30. The number of thioether (sulfide) groups is 1. The lowest BCUT2D eigenvalue weighted by molar-refractivity contribution is -0.384. The van der Waals surface area contributed by atoms with Gasteiger partial charge in [0.25, 0.3) is 5.69 Å². The Morgan fingerprint density at radius 1 is 1.22 bits per heavy atom. The molecule has 2 aromatic carbocycles. The average Bonchev–Trinajstić information content (AvgIpc) is 2.95. The number of para-hydroxylation sites is 1. The van der Waals surface area contributed by atoms with Gasteiger partial charge in [0.1, 0.15) is 0 Å². The van der Waals surface area contributed by atoms with E-state index in [-0.39, 0.29) is 10.8 Å². The summed E-state index contributed by atoms with van der Waals surface area (Å²) < 4.78 is 1.71. The van der Waals surface area contributed by atoms with Crippen LogP contribution in [-0.4, -0.2) is 15.0 Å². The molecule has 0 bridgehead atoms.